The quantitative estimate of drug-likeness (QED) is 0.661. The van der Waals surface area contributed by atoms with Crippen LogP contribution in [-0.2, 0) is 0 Å². The van der Waals surface area contributed by atoms with Crippen LogP contribution in [0.4, 0.5) is 22.9 Å². The number of amides is 1. The van der Waals surface area contributed by atoms with E-state index in [9.17, 15) is 4.79 Å². The molecule has 2 N–H and O–H groups in total. The molecule has 148 valence electrons. The van der Waals surface area contributed by atoms with Crippen LogP contribution in [0.1, 0.15) is 23.3 Å². The van der Waals surface area contributed by atoms with E-state index in [1.165, 1.54) is 24.7 Å². The molecule has 1 aromatic heterocycles. The highest BCUT2D eigenvalue weighted by molar-refractivity contribution is 6.02. The molecule has 7 nitrogen and oxygen atoms in total. The highest BCUT2D eigenvalue weighted by Crippen LogP contribution is 2.23. The third-order valence-electron chi connectivity index (χ3n) is 4.82. The van der Waals surface area contributed by atoms with Crippen LogP contribution < -0.4 is 20.3 Å². The van der Waals surface area contributed by atoms with Gasteiger partial charge in [-0.1, -0.05) is 6.07 Å². The summed E-state index contributed by atoms with van der Waals surface area (Å²) in [5, 5.41) is 6.00. The number of aromatic nitrogens is 2. The zero-order valence-corrected chi connectivity index (χ0v) is 16.3. The molecule has 1 amide bonds. The summed E-state index contributed by atoms with van der Waals surface area (Å²) in [5.74, 6) is 0.924. The molecule has 1 aliphatic heterocycles. The van der Waals surface area contributed by atoms with Gasteiger partial charge in [0.05, 0.1) is 19.5 Å². The summed E-state index contributed by atoms with van der Waals surface area (Å²) < 4.78 is 5.16. The van der Waals surface area contributed by atoms with Crippen molar-refractivity contribution < 1.29 is 9.53 Å². The number of ether oxygens (including phenoxy) is 1. The van der Waals surface area contributed by atoms with E-state index >= 15 is 0 Å². The zero-order chi connectivity index (χ0) is 20.1. The molecular weight excluding hydrogens is 366 g/mol. The van der Waals surface area contributed by atoms with Crippen molar-refractivity contribution in [2.75, 3.05) is 35.7 Å². The number of carbonyl (C=O) groups is 1. The molecule has 7 heteroatoms. The van der Waals surface area contributed by atoms with Gasteiger partial charge in [0.15, 0.2) is 0 Å². The van der Waals surface area contributed by atoms with Crippen LogP contribution in [0.2, 0.25) is 0 Å². The summed E-state index contributed by atoms with van der Waals surface area (Å²) in [6.45, 7) is 2.25. The van der Waals surface area contributed by atoms with E-state index in [4.69, 9.17) is 4.74 Å². The van der Waals surface area contributed by atoms with E-state index in [1.807, 2.05) is 24.3 Å². The van der Waals surface area contributed by atoms with E-state index in [0.29, 0.717) is 17.3 Å². The third-order valence-corrected chi connectivity index (χ3v) is 4.82. The second kappa shape index (κ2) is 8.60. The minimum atomic E-state index is -0.327. The third kappa shape index (κ3) is 4.63. The Morgan fingerprint density at radius 3 is 2.48 bits per heavy atom. The van der Waals surface area contributed by atoms with Crippen LogP contribution in [-0.4, -0.2) is 36.1 Å². The fraction of sp³-hybridized carbons (Fsp3) is 0.227. The topological polar surface area (TPSA) is 79.4 Å². The number of anilines is 4. The molecule has 29 heavy (non-hydrogen) atoms. The highest BCUT2D eigenvalue weighted by atomic mass is 16.5. The van der Waals surface area contributed by atoms with Gasteiger partial charge in [0.25, 0.3) is 5.91 Å². The van der Waals surface area contributed by atoms with Crippen molar-refractivity contribution in [1.29, 1.82) is 0 Å². The predicted octanol–water partition coefficient (Wildman–Crippen LogP) is 4.08. The molecular formula is C22H23N5O2. The second-order valence-electron chi connectivity index (χ2n) is 6.84. The van der Waals surface area contributed by atoms with E-state index < -0.39 is 0 Å². The fourth-order valence-electron chi connectivity index (χ4n) is 3.28. The van der Waals surface area contributed by atoms with Crippen LogP contribution >= 0.6 is 0 Å². The molecule has 1 saturated heterocycles. The summed E-state index contributed by atoms with van der Waals surface area (Å²) >= 11 is 0. The Morgan fingerprint density at radius 1 is 1.00 bits per heavy atom. The molecule has 0 bridgehead atoms. The van der Waals surface area contributed by atoms with Crippen molar-refractivity contribution in [3.8, 4) is 5.75 Å². The van der Waals surface area contributed by atoms with Crippen LogP contribution in [0, 0.1) is 0 Å². The average molecular weight is 389 g/mol. The van der Waals surface area contributed by atoms with Crippen molar-refractivity contribution in [1.82, 2.24) is 9.97 Å². The van der Waals surface area contributed by atoms with Crippen molar-refractivity contribution in [2.24, 2.45) is 0 Å². The van der Waals surface area contributed by atoms with Crippen molar-refractivity contribution in [2.45, 2.75) is 12.8 Å². The Balaban J connectivity index is 1.37. The molecule has 0 spiro atoms. The number of benzene rings is 2. The lowest BCUT2D eigenvalue weighted by molar-refractivity contribution is 0.102. The van der Waals surface area contributed by atoms with Crippen LogP contribution in [0.5, 0.6) is 5.75 Å². The van der Waals surface area contributed by atoms with Gasteiger partial charge in [0, 0.05) is 36.2 Å². The normalized spacial score (nSPS) is 13.2. The molecule has 0 aliphatic carbocycles. The Morgan fingerprint density at radius 2 is 1.79 bits per heavy atom. The molecule has 2 heterocycles. The SMILES string of the molecule is COc1cccc(NC(=O)c2cnc(Nc3ccc(N4CCCC4)cc3)cn2)c1. The first-order valence-electron chi connectivity index (χ1n) is 9.61. The Labute approximate surface area is 169 Å². The molecule has 0 radical (unpaired) electrons. The molecule has 0 unspecified atom stereocenters. The van der Waals surface area contributed by atoms with Gasteiger partial charge in [-0.05, 0) is 49.2 Å². The zero-order valence-electron chi connectivity index (χ0n) is 16.3. The van der Waals surface area contributed by atoms with Gasteiger partial charge in [-0.3, -0.25) is 4.79 Å². The number of nitrogens with one attached hydrogen (secondary N) is 2. The van der Waals surface area contributed by atoms with Gasteiger partial charge in [-0.2, -0.15) is 0 Å². The minimum absolute atomic E-state index is 0.239. The summed E-state index contributed by atoms with van der Waals surface area (Å²) in [6, 6.07) is 15.4. The number of nitrogens with zero attached hydrogens (tertiary/aromatic N) is 3. The molecule has 1 aliphatic rings. The molecule has 2 aromatic carbocycles. The molecule has 4 rings (SSSR count). The maximum absolute atomic E-state index is 12.4. The summed E-state index contributed by atoms with van der Waals surface area (Å²) in [6.07, 6.45) is 5.52. The van der Waals surface area contributed by atoms with Gasteiger partial charge in [0.2, 0.25) is 0 Å². The summed E-state index contributed by atoms with van der Waals surface area (Å²) in [7, 11) is 1.58. The summed E-state index contributed by atoms with van der Waals surface area (Å²) in [5.41, 5.74) is 3.04. The Hall–Kier alpha value is -3.61. The largest absolute Gasteiger partial charge is 0.497 e. The monoisotopic (exact) mass is 389 g/mol. The molecule has 0 atom stereocenters. The van der Waals surface area contributed by atoms with Crippen LogP contribution in [0.25, 0.3) is 0 Å². The standard InChI is InChI=1S/C22H23N5O2/c1-29-19-6-4-5-17(13-19)26-22(28)20-14-24-21(15-23-20)25-16-7-9-18(10-8-16)27-11-2-3-12-27/h4-10,13-15H,2-3,11-12H2,1H3,(H,24,25)(H,26,28). The second-order valence-corrected chi connectivity index (χ2v) is 6.84. The highest BCUT2D eigenvalue weighted by Gasteiger charge is 2.12. The maximum atomic E-state index is 12.4. The van der Waals surface area contributed by atoms with Gasteiger partial charge in [-0.25, -0.2) is 9.97 Å². The van der Waals surface area contributed by atoms with E-state index in [2.05, 4.69) is 37.6 Å². The summed E-state index contributed by atoms with van der Waals surface area (Å²) in [4.78, 5) is 23.3. The lowest BCUT2D eigenvalue weighted by Gasteiger charge is -2.17. The number of hydrogen-bond acceptors (Lipinski definition) is 6. The number of carbonyl (C=O) groups excluding carboxylic acids is 1. The average Bonchev–Trinajstić information content (AvgIpc) is 3.30. The maximum Gasteiger partial charge on any atom is 0.275 e. The van der Waals surface area contributed by atoms with Gasteiger partial charge in [0.1, 0.15) is 17.3 Å². The van der Waals surface area contributed by atoms with Gasteiger partial charge < -0.3 is 20.3 Å². The smallest absolute Gasteiger partial charge is 0.275 e. The van der Waals surface area contributed by atoms with Gasteiger partial charge >= 0.3 is 0 Å². The lowest BCUT2D eigenvalue weighted by Crippen LogP contribution is -2.17. The number of rotatable bonds is 6. The number of hydrogen-bond donors (Lipinski definition) is 2. The molecule has 1 fully saturated rings. The van der Waals surface area contributed by atoms with Crippen molar-refractivity contribution >= 4 is 28.8 Å². The number of methoxy groups -OCH3 is 1. The fourth-order valence-corrected chi connectivity index (χ4v) is 3.28. The first-order valence-corrected chi connectivity index (χ1v) is 9.61. The van der Waals surface area contributed by atoms with Gasteiger partial charge in [-0.15, -0.1) is 0 Å². The Bertz CT molecular complexity index is 967. The van der Waals surface area contributed by atoms with E-state index in [1.54, 1.807) is 25.4 Å². The first-order chi connectivity index (χ1) is 14.2. The first kappa shape index (κ1) is 18.7. The van der Waals surface area contributed by atoms with E-state index in [-0.39, 0.29) is 11.6 Å². The van der Waals surface area contributed by atoms with E-state index in [0.717, 1.165) is 18.8 Å². The predicted molar refractivity (Wildman–Crippen MR) is 114 cm³/mol. The minimum Gasteiger partial charge on any atom is -0.497 e. The lowest BCUT2D eigenvalue weighted by atomic mass is 10.2. The van der Waals surface area contributed by atoms with Crippen molar-refractivity contribution in [3.05, 3.63) is 66.6 Å². The van der Waals surface area contributed by atoms with Crippen LogP contribution in [0.15, 0.2) is 60.9 Å². The molecule has 0 saturated carbocycles. The molecule has 3 aromatic rings. The Kier molecular flexibility index (Phi) is 5.56. The van der Waals surface area contributed by atoms with Crippen LogP contribution in [0.3, 0.4) is 0 Å². The van der Waals surface area contributed by atoms with Crippen molar-refractivity contribution in [3.63, 3.8) is 0 Å².